The van der Waals surface area contributed by atoms with Gasteiger partial charge in [-0.1, -0.05) is 25.9 Å². The van der Waals surface area contributed by atoms with E-state index < -0.39 is 0 Å². The van der Waals surface area contributed by atoms with E-state index in [0.717, 1.165) is 42.5 Å². The van der Waals surface area contributed by atoms with Gasteiger partial charge in [0.15, 0.2) is 11.7 Å². The predicted molar refractivity (Wildman–Crippen MR) is 94.0 cm³/mol. The van der Waals surface area contributed by atoms with Crippen molar-refractivity contribution in [3.05, 3.63) is 33.6 Å². The van der Waals surface area contributed by atoms with Crippen molar-refractivity contribution in [2.24, 2.45) is 4.99 Å². The van der Waals surface area contributed by atoms with Crippen molar-refractivity contribution in [2.75, 3.05) is 13.6 Å². The van der Waals surface area contributed by atoms with Crippen LogP contribution in [0.1, 0.15) is 48.8 Å². The van der Waals surface area contributed by atoms with Crippen LogP contribution in [0.4, 0.5) is 0 Å². The van der Waals surface area contributed by atoms with Gasteiger partial charge in [-0.2, -0.15) is 0 Å². The molecule has 6 nitrogen and oxygen atoms in total. The Morgan fingerprint density at radius 2 is 2.22 bits per heavy atom. The summed E-state index contributed by atoms with van der Waals surface area (Å²) in [5.74, 6) is 1.93. The average molecular weight is 335 g/mol. The van der Waals surface area contributed by atoms with Crippen LogP contribution in [0.2, 0.25) is 0 Å². The van der Waals surface area contributed by atoms with E-state index in [2.05, 4.69) is 51.9 Å². The fourth-order valence-corrected chi connectivity index (χ4v) is 2.79. The summed E-state index contributed by atoms with van der Waals surface area (Å²) in [6, 6.07) is 1.98. The zero-order valence-corrected chi connectivity index (χ0v) is 15.0. The summed E-state index contributed by atoms with van der Waals surface area (Å²) < 4.78 is 5.31. The summed E-state index contributed by atoms with van der Waals surface area (Å²) in [6.07, 6.45) is 1.88. The van der Waals surface area contributed by atoms with E-state index >= 15 is 0 Å². The molecule has 0 saturated heterocycles. The van der Waals surface area contributed by atoms with Gasteiger partial charge in [-0.3, -0.25) is 4.99 Å². The number of aromatic nitrogens is 2. The molecule has 2 aromatic rings. The number of aryl methyl sites for hydroxylation is 1. The summed E-state index contributed by atoms with van der Waals surface area (Å²) in [6.45, 7) is 7.67. The van der Waals surface area contributed by atoms with Crippen molar-refractivity contribution in [3.63, 3.8) is 0 Å². The van der Waals surface area contributed by atoms with Crippen molar-refractivity contribution < 1.29 is 4.52 Å². The molecule has 2 N–H and O–H groups in total. The van der Waals surface area contributed by atoms with Gasteiger partial charge in [0.2, 0.25) is 0 Å². The lowest BCUT2D eigenvalue weighted by atomic mass is 10.1. The number of guanidine groups is 1. The third-order valence-corrected chi connectivity index (χ3v) is 4.44. The van der Waals surface area contributed by atoms with Gasteiger partial charge in [0, 0.05) is 31.5 Å². The van der Waals surface area contributed by atoms with E-state index in [-0.39, 0.29) is 0 Å². The van der Waals surface area contributed by atoms with Gasteiger partial charge in [-0.25, -0.2) is 4.98 Å². The number of aliphatic imine (C=N–C) groups is 1. The molecule has 0 radical (unpaired) electrons. The molecule has 2 heterocycles. The summed E-state index contributed by atoms with van der Waals surface area (Å²) in [4.78, 5) is 8.77. The van der Waals surface area contributed by atoms with Crippen LogP contribution in [0.15, 0.2) is 21.0 Å². The molecule has 2 rings (SSSR count). The van der Waals surface area contributed by atoms with E-state index in [4.69, 9.17) is 4.52 Å². The molecule has 0 aliphatic carbocycles. The molecule has 0 unspecified atom stereocenters. The van der Waals surface area contributed by atoms with E-state index in [1.54, 1.807) is 18.4 Å². The Morgan fingerprint density at radius 3 is 2.83 bits per heavy atom. The average Bonchev–Trinajstić information content (AvgIpc) is 3.19. The summed E-state index contributed by atoms with van der Waals surface area (Å²) in [5.41, 5.74) is 2.10. The highest BCUT2D eigenvalue weighted by Crippen LogP contribution is 2.13. The van der Waals surface area contributed by atoms with Crippen molar-refractivity contribution in [3.8, 4) is 0 Å². The normalized spacial score (nSPS) is 12.0. The standard InChI is InChI=1S/C16H25N5OS/c1-5-15-20-12(10-23-15)6-7-18-16(17-4)19-9-13-8-14(11(2)3)21-22-13/h8,10-11H,5-7,9H2,1-4H3,(H2,17,18,19). The van der Waals surface area contributed by atoms with Crippen LogP contribution in [-0.2, 0) is 19.4 Å². The second-order valence-electron chi connectivity index (χ2n) is 5.56. The molecular weight excluding hydrogens is 310 g/mol. The van der Waals surface area contributed by atoms with Crippen LogP contribution in [0.3, 0.4) is 0 Å². The minimum absolute atomic E-state index is 0.371. The second kappa shape index (κ2) is 8.67. The maximum atomic E-state index is 5.31. The molecule has 23 heavy (non-hydrogen) atoms. The van der Waals surface area contributed by atoms with E-state index in [1.165, 1.54) is 5.01 Å². The number of hydrogen-bond acceptors (Lipinski definition) is 5. The number of nitrogens with zero attached hydrogens (tertiary/aromatic N) is 3. The molecule has 0 amide bonds. The fraction of sp³-hybridized carbons (Fsp3) is 0.562. The lowest BCUT2D eigenvalue weighted by molar-refractivity contribution is 0.372. The maximum absolute atomic E-state index is 5.31. The zero-order valence-electron chi connectivity index (χ0n) is 14.2. The Morgan fingerprint density at radius 1 is 1.39 bits per heavy atom. The Hall–Kier alpha value is -1.89. The van der Waals surface area contributed by atoms with Gasteiger partial charge in [0.1, 0.15) is 0 Å². The lowest BCUT2D eigenvalue weighted by Gasteiger charge is -2.09. The van der Waals surface area contributed by atoms with Crippen LogP contribution >= 0.6 is 11.3 Å². The van der Waals surface area contributed by atoms with Crippen molar-refractivity contribution in [1.29, 1.82) is 0 Å². The molecule has 0 aliphatic rings. The Balaban J connectivity index is 1.74. The predicted octanol–water partition coefficient (Wildman–Crippen LogP) is 2.72. The summed E-state index contributed by atoms with van der Waals surface area (Å²) >= 11 is 1.72. The molecule has 0 atom stereocenters. The minimum atomic E-state index is 0.371. The molecule has 7 heteroatoms. The molecule has 0 aromatic carbocycles. The minimum Gasteiger partial charge on any atom is -0.359 e. The van der Waals surface area contributed by atoms with Crippen LogP contribution in [0, 0.1) is 0 Å². The first-order chi connectivity index (χ1) is 11.1. The topological polar surface area (TPSA) is 75.3 Å². The van der Waals surface area contributed by atoms with E-state index in [1.807, 2.05) is 6.07 Å². The van der Waals surface area contributed by atoms with Gasteiger partial charge in [0.25, 0.3) is 0 Å². The Labute approximate surface area is 141 Å². The first kappa shape index (κ1) is 17.5. The number of rotatable bonds is 7. The van der Waals surface area contributed by atoms with Crippen LogP contribution < -0.4 is 10.6 Å². The van der Waals surface area contributed by atoms with E-state index in [9.17, 15) is 0 Å². The quantitative estimate of drug-likeness (QED) is 0.601. The first-order valence-electron chi connectivity index (χ1n) is 7.95. The molecule has 126 valence electrons. The van der Waals surface area contributed by atoms with Gasteiger partial charge >= 0.3 is 0 Å². The Kier molecular flexibility index (Phi) is 6.58. The first-order valence-corrected chi connectivity index (χ1v) is 8.83. The molecule has 2 aromatic heterocycles. The highest BCUT2D eigenvalue weighted by atomic mass is 32.1. The SMILES string of the molecule is CCc1nc(CCNC(=NC)NCc2cc(C(C)C)no2)cs1. The van der Waals surface area contributed by atoms with Crippen LogP contribution in [0.5, 0.6) is 0 Å². The molecule has 0 bridgehead atoms. The third-order valence-electron chi connectivity index (χ3n) is 3.40. The van der Waals surface area contributed by atoms with Gasteiger partial charge in [-0.15, -0.1) is 11.3 Å². The summed E-state index contributed by atoms with van der Waals surface area (Å²) in [5, 5.41) is 13.9. The number of thiazole rings is 1. The highest BCUT2D eigenvalue weighted by molar-refractivity contribution is 7.09. The van der Waals surface area contributed by atoms with Crippen molar-refractivity contribution >= 4 is 17.3 Å². The van der Waals surface area contributed by atoms with Gasteiger partial charge < -0.3 is 15.2 Å². The number of hydrogen-bond donors (Lipinski definition) is 2. The molecule has 0 saturated carbocycles. The van der Waals surface area contributed by atoms with Gasteiger partial charge in [-0.05, 0) is 12.3 Å². The van der Waals surface area contributed by atoms with E-state index in [0.29, 0.717) is 12.5 Å². The summed E-state index contributed by atoms with van der Waals surface area (Å²) in [7, 11) is 1.76. The molecule has 0 spiro atoms. The van der Waals surface area contributed by atoms with Gasteiger partial charge in [0.05, 0.1) is 22.9 Å². The molecule has 0 aliphatic heterocycles. The van der Waals surface area contributed by atoms with Crippen LogP contribution in [-0.4, -0.2) is 29.7 Å². The lowest BCUT2D eigenvalue weighted by Crippen LogP contribution is -2.37. The zero-order chi connectivity index (χ0) is 16.7. The van der Waals surface area contributed by atoms with Crippen molar-refractivity contribution in [2.45, 2.75) is 46.1 Å². The fourth-order valence-electron chi connectivity index (χ4n) is 2.01. The highest BCUT2D eigenvalue weighted by Gasteiger charge is 2.08. The molecule has 0 fully saturated rings. The Bertz CT molecular complexity index is 632. The largest absolute Gasteiger partial charge is 0.359 e. The van der Waals surface area contributed by atoms with Crippen LogP contribution in [0.25, 0.3) is 0 Å². The second-order valence-corrected chi connectivity index (χ2v) is 6.50. The maximum Gasteiger partial charge on any atom is 0.191 e. The number of nitrogens with one attached hydrogen (secondary N) is 2. The monoisotopic (exact) mass is 335 g/mol. The molecular formula is C16H25N5OS. The van der Waals surface area contributed by atoms with Crippen molar-refractivity contribution in [1.82, 2.24) is 20.8 Å². The smallest absolute Gasteiger partial charge is 0.191 e. The third kappa shape index (κ3) is 5.35.